The van der Waals surface area contributed by atoms with Gasteiger partial charge in [-0.2, -0.15) is 13.2 Å². The smallest absolute Gasteiger partial charge is 0.325 e. The highest BCUT2D eigenvalue weighted by Gasteiger charge is 2.31. The number of amides is 3. The van der Waals surface area contributed by atoms with Crippen molar-refractivity contribution in [2.75, 3.05) is 16.0 Å². The van der Waals surface area contributed by atoms with Crippen LogP contribution in [0.4, 0.5) is 34.6 Å². The number of alkyl halides is 3. The molecule has 0 saturated heterocycles. The summed E-state index contributed by atoms with van der Waals surface area (Å²) in [5, 5.41) is 7.25. The van der Waals surface area contributed by atoms with E-state index in [4.69, 9.17) is 0 Å². The van der Waals surface area contributed by atoms with Crippen LogP contribution < -0.4 is 16.0 Å². The minimum absolute atomic E-state index is 0.0145. The summed E-state index contributed by atoms with van der Waals surface area (Å²) < 4.78 is 53.3. The Kier molecular flexibility index (Phi) is 7.00. The highest BCUT2D eigenvalue weighted by atomic mass is 19.4. The fourth-order valence-corrected chi connectivity index (χ4v) is 3.05. The predicted octanol–water partition coefficient (Wildman–Crippen LogP) is 5.62. The van der Waals surface area contributed by atoms with Crippen LogP contribution in [0.5, 0.6) is 0 Å². The lowest BCUT2D eigenvalue weighted by Crippen LogP contribution is -2.18. The molecule has 0 saturated carbocycles. The Bertz CT molecular complexity index is 1270. The molecule has 0 bridgehead atoms. The van der Waals surface area contributed by atoms with Gasteiger partial charge in [0.15, 0.2) is 0 Å². The Morgan fingerprint density at radius 2 is 1.44 bits per heavy atom. The molecule has 0 atom stereocenters. The molecule has 3 amide bonds. The topological polar surface area (TPSA) is 87.3 Å². The third-order valence-electron chi connectivity index (χ3n) is 4.77. The van der Waals surface area contributed by atoms with Crippen molar-refractivity contribution in [3.8, 4) is 0 Å². The van der Waals surface area contributed by atoms with Crippen LogP contribution in [-0.4, -0.2) is 17.7 Å². The lowest BCUT2D eigenvalue weighted by molar-refractivity contribution is -0.137. The molecular formula is C24H19F4N3O3. The highest BCUT2D eigenvalue weighted by Crippen LogP contribution is 2.34. The van der Waals surface area contributed by atoms with Crippen molar-refractivity contribution in [3.63, 3.8) is 0 Å². The quantitative estimate of drug-likeness (QED) is 0.421. The van der Waals surface area contributed by atoms with Crippen LogP contribution in [0.15, 0.2) is 60.7 Å². The van der Waals surface area contributed by atoms with E-state index in [1.807, 2.05) is 0 Å². The van der Waals surface area contributed by atoms with Crippen LogP contribution >= 0.6 is 0 Å². The maximum Gasteiger partial charge on any atom is 0.416 e. The van der Waals surface area contributed by atoms with Crippen molar-refractivity contribution < 1.29 is 31.9 Å². The first-order valence-electron chi connectivity index (χ1n) is 9.92. The SMILES string of the molecule is CC(=O)Nc1ccc(C(F)(F)F)cc1NC(=O)c1ccc(C)c(NC(=O)c2ccccc2F)c1. The molecule has 176 valence electrons. The molecule has 3 aromatic carbocycles. The molecule has 0 spiro atoms. The van der Waals surface area contributed by atoms with Crippen LogP contribution in [-0.2, 0) is 11.0 Å². The first-order chi connectivity index (χ1) is 16.0. The third kappa shape index (κ3) is 5.77. The Labute approximate surface area is 192 Å². The van der Waals surface area contributed by atoms with Crippen LogP contribution in [0, 0.1) is 12.7 Å². The predicted molar refractivity (Wildman–Crippen MR) is 119 cm³/mol. The number of carbonyl (C=O) groups is 3. The van der Waals surface area contributed by atoms with E-state index in [1.54, 1.807) is 6.92 Å². The average Bonchev–Trinajstić information content (AvgIpc) is 2.75. The summed E-state index contributed by atoms with van der Waals surface area (Å²) in [6, 6.07) is 12.1. The minimum atomic E-state index is -4.66. The summed E-state index contributed by atoms with van der Waals surface area (Å²) in [7, 11) is 0. The van der Waals surface area contributed by atoms with E-state index >= 15 is 0 Å². The molecular weight excluding hydrogens is 454 g/mol. The van der Waals surface area contributed by atoms with Gasteiger partial charge in [-0.05, 0) is 55.0 Å². The zero-order valence-electron chi connectivity index (χ0n) is 18.0. The van der Waals surface area contributed by atoms with Gasteiger partial charge in [0.2, 0.25) is 5.91 Å². The van der Waals surface area contributed by atoms with Gasteiger partial charge in [0.25, 0.3) is 11.8 Å². The summed E-state index contributed by atoms with van der Waals surface area (Å²) in [4.78, 5) is 36.7. The standard InChI is InChI=1S/C24H19F4N3O3/c1-13-7-8-15(11-20(13)30-23(34)17-5-3-4-6-18(17)25)22(33)31-21-12-16(24(26,27)28)9-10-19(21)29-14(2)32/h3-12H,1-2H3,(H,29,32)(H,30,34)(H,31,33). The van der Waals surface area contributed by atoms with Crippen LogP contribution in [0.3, 0.4) is 0 Å². The minimum Gasteiger partial charge on any atom is -0.325 e. The van der Waals surface area contributed by atoms with Gasteiger partial charge in [0, 0.05) is 18.2 Å². The average molecular weight is 473 g/mol. The molecule has 3 rings (SSSR count). The molecule has 0 fully saturated rings. The van der Waals surface area contributed by atoms with E-state index in [1.165, 1.54) is 43.3 Å². The van der Waals surface area contributed by atoms with E-state index < -0.39 is 35.3 Å². The molecule has 10 heteroatoms. The van der Waals surface area contributed by atoms with Gasteiger partial charge in [0.1, 0.15) is 5.82 Å². The van der Waals surface area contributed by atoms with Crippen molar-refractivity contribution in [2.24, 2.45) is 0 Å². The zero-order chi connectivity index (χ0) is 25.0. The first-order valence-corrected chi connectivity index (χ1v) is 9.92. The maximum atomic E-state index is 13.9. The number of rotatable bonds is 5. The Hall–Kier alpha value is -4.21. The molecule has 3 N–H and O–H groups in total. The Morgan fingerprint density at radius 1 is 0.765 bits per heavy atom. The van der Waals surface area contributed by atoms with Gasteiger partial charge < -0.3 is 16.0 Å². The molecule has 34 heavy (non-hydrogen) atoms. The van der Waals surface area contributed by atoms with Crippen molar-refractivity contribution in [2.45, 2.75) is 20.0 Å². The lowest BCUT2D eigenvalue weighted by Gasteiger charge is -2.15. The summed E-state index contributed by atoms with van der Waals surface area (Å²) in [6.45, 7) is 2.83. The van der Waals surface area contributed by atoms with E-state index in [2.05, 4.69) is 16.0 Å². The summed E-state index contributed by atoms with van der Waals surface area (Å²) in [5.74, 6) is -2.78. The molecule has 0 radical (unpaired) electrons. The molecule has 0 heterocycles. The molecule has 3 aromatic rings. The molecule has 0 aromatic heterocycles. The fourth-order valence-electron chi connectivity index (χ4n) is 3.05. The molecule has 0 unspecified atom stereocenters. The van der Waals surface area contributed by atoms with Gasteiger partial charge in [-0.1, -0.05) is 18.2 Å². The third-order valence-corrected chi connectivity index (χ3v) is 4.77. The van der Waals surface area contributed by atoms with Crippen LogP contribution in [0.25, 0.3) is 0 Å². The second kappa shape index (κ2) is 9.74. The van der Waals surface area contributed by atoms with E-state index in [0.717, 1.165) is 18.2 Å². The summed E-state index contributed by atoms with van der Waals surface area (Å²) in [6.07, 6.45) is -4.66. The number of anilines is 3. The van der Waals surface area contributed by atoms with Crippen molar-refractivity contribution in [1.29, 1.82) is 0 Å². The lowest BCUT2D eigenvalue weighted by atomic mass is 10.1. The summed E-state index contributed by atoms with van der Waals surface area (Å²) >= 11 is 0. The molecule has 0 aliphatic carbocycles. The number of benzene rings is 3. The number of nitrogens with one attached hydrogen (secondary N) is 3. The van der Waals surface area contributed by atoms with Gasteiger partial charge in [-0.3, -0.25) is 14.4 Å². The highest BCUT2D eigenvalue weighted by molar-refractivity contribution is 6.09. The number of hydrogen-bond donors (Lipinski definition) is 3. The Morgan fingerprint density at radius 3 is 2.09 bits per heavy atom. The van der Waals surface area contributed by atoms with E-state index in [9.17, 15) is 31.9 Å². The molecule has 0 aliphatic heterocycles. The summed E-state index contributed by atoms with van der Waals surface area (Å²) in [5.41, 5.74) is -0.687. The monoisotopic (exact) mass is 473 g/mol. The largest absolute Gasteiger partial charge is 0.416 e. The van der Waals surface area contributed by atoms with Crippen molar-refractivity contribution in [3.05, 3.63) is 88.7 Å². The van der Waals surface area contributed by atoms with Crippen molar-refractivity contribution >= 4 is 34.8 Å². The number of carbonyl (C=O) groups excluding carboxylic acids is 3. The van der Waals surface area contributed by atoms with Crippen molar-refractivity contribution in [1.82, 2.24) is 0 Å². The van der Waals surface area contributed by atoms with Gasteiger partial charge in [-0.25, -0.2) is 4.39 Å². The number of hydrogen-bond acceptors (Lipinski definition) is 3. The second-order valence-electron chi connectivity index (χ2n) is 7.36. The zero-order valence-corrected chi connectivity index (χ0v) is 18.0. The van der Waals surface area contributed by atoms with E-state index in [-0.39, 0.29) is 28.2 Å². The normalized spacial score (nSPS) is 11.0. The van der Waals surface area contributed by atoms with Crippen LogP contribution in [0.2, 0.25) is 0 Å². The maximum absolute atomic E-state index is 13.9. The Balaban J connectivity index is 1.89. The first kappa shape index (κ1) is 24.4. The van der Waals surface area contributed by atoms with E-state index in [0.29, 0.717) is 11.6 Å². The van der Waals surface area contributed by atoms with Gasteiger partial charge in [-0.15, -0.1) is 0 Å². The van der Waals surface area contributed by atoms with Gasteiger partial charge in [0.05, 0.1) is 22.5 Å². The fraction of sp³-hybridized carbons (Fsp3) is 0.125. The molecule has 6 nitrogen and oxygen atoms in total. The number of aryl methyl sites for hydroxylation is 1. The molecule has 0 aliphatic rings. The van der Waals surface area contributed by atoms with Gasteiger partial charge >= 0.3 is 6.18 Å². The number of halogens is 4. The van der Waals surface area contributed by atoms with Crippen LogP contribution in [0.1, 0.15) is 38.8 Å². The second-order valence-corrected chi connectivity index (χ2v) is 7.36.